The molecule has 3 unspecified atom stereocenters. The van der Waals surface area contributed by atoms with Gasteiger partial charge in [0.25, 0.3) is 0 Å². The monoisotopic (exact) mass is 579 g/mol. The van der Waals surface area contributed by atoms with E-state index in [9.17, 15) is 0 Å². The number of hydrogen-bond acceptors (Lipinski definition) is 2. The molecular formula is C43H33NO. The Bertz CT molecular complexity index is 2240. The lowest BCUT2D eigenvalue weighted by molar-refractivity contribution is 0.327. The minimum atomic E-state index is 0.0666. The van der Waals surface area contributed by atoms with E-state index in [1.807, 2.05) is 6.07 Å². The van der Waals surface area contributed by atoms with Crippen LogP contribution in [0.3, 0.4) is 0 Å². The predicted octanol–water partition coefficient (Wildman–Crippen LogP) is 11.8. The summed E-state index contributed by atoms with van der Waals surface area (Å²) in [5.41, 5.74) is 13.9. The van der Waals surface area contributed by atoms with Gasteiger partial charge in [-0.05, 0) is 101 Å². The van der Waals surface area contributed by atoms with E-state index in [0.717, 1.165) is 39.2 Å². The molecule has 0 radical (unpaired) electrons. The van der Waals surface area contributed by atoms with Gasteiger partial charge in [0.15, 0.2) is 0 Å². The van der Waals surface area contributed by atoms with Gasteiger partial charge in [-0.1, -0.05) is 103 Å². The fourth-order valence-corrected chi connectivity index (χ4v) is 9.34. The van der Waals surface area contributed by atoms with E-state index in [-0.39, 0.29) is 5.41 Å². The summed E-state index contributed by atoms with van der Waals surface area (Å²) in [7, 11) is 0. The molecule has 2 fully saturated rings. The third kappa shape index (κ3) is 3.57. The molecule has 3 aliphatic rings. The highest BCUT2D eigenvalue weighted by atomic mass is 16.3. The lowest BCUT2D eigenvalue weighted by Crippen LogP contribution is -2.33. The molecule has 2 nitrogen and oxygen atoms in total. The lowest BCUT2D eigenvalue weighted by Gasteiger charge is -2.39. The van der Waals surface area contributed by atoms with Crippen molar-refractivity contribution < 1.29 is 4.42 Å². The van der Waals surface area contributed by atoms with Gasteiger partial charge in [0.05, 0.1) is 5.69 Å². The Balaban J connectivity index is 1.22. The molecule has 6 aromatic carbocycles. The standard InChI is InChI=1S/C43H33NO/c1-2-9-29(10-3-1)30-18-21-32(22-19-30)44(33-23-24-36-35-12-5-7-16-40(35)45-41(36)26-33)39-15-8-13-37-34-11-4-6-14-38(34)43(42(37)39)27-28-17-20-31(43)25-28/h1-16,18-19,21-24,26,28,31H,17,20,25,27H2. The van der Waals surface area contributed by atoms with E-state index >= 15 is 0 Å². The van der Waals surface area contributed by atoms with Gasteiger partial charge in [-0.2, -0.15) is 0 Å². The molecule has 1 aromatic heterocycles. The highest BCUT2D eigenvalue weighted by Gasteiger charge is 2.57. The van der Waals surface area contributed by atoms with Gasteiger partial charge in [-0.25, -0.2) is 0 Å². The maximum atomic E-state index is 6.44. The van der Waals surface area contributed by atoms with Gasteiger partial charge in [-0.15, -0.1) is 0 Å². The molecule has 216 valence electrons. The second kappa shape index (κ2) is 9.46. The number of hydrogen-bond donors (Lipinski definition) is 0. The number of fused-ring (bicyclic) bond motifs is 11. The van der Waals surface area contributed by atoms with Crippen LogP contribution in [-0.4, -0.2) is 0 Å². The zero-order valence-corrected chi connectivity index (χ0v) is 25.1. The quantitative estimate of drug-likeness (QED) is 0.206. The first-order chi connectivity index (χ1) is 22.3. The van der Waals surface area contributed by atoms with E-state index in [1.165, 1.54) is 59.2 Å². The van der Waals surface area contributed by atoms with Crippen LogP contribution in [-0.2, 0) is 5.41 Å². The third-order valence-corrected chi connectivity index (χ3v) is 11.1. The fraction of sp³-hybridized carbons (Fsp3) is 0.163. The molecule has 0 amide bonds. The van der Waals surface area contributed by atoms with Gasteiger partial charge >= 0.3 is 0 Å². The van der Waals surface area contributed by atoms with E-state index in [0.29, 0.717) is 5.92 Å². The summed E-state index contributed by atoms with van der Waals surface area (Å²) in [6.07, 6.45) is 5.30. The van der Waals surface area contributed by atoms with Crippen molar-refractivity contribution in [3.63, 3.8) is 0 Å². The maximum Gasteiger partial charge on any atom is 0.137 e. The number of para-hydroxylation sites is 1. The Kier molecular flexibility index (Phi) is 5.31. The third-order valence-electron chi connectivity index (χ3n) is 11.1. The Labute approximate surface area is 263 Å². The average Bonchev–Trinajstić information content (AvgIpc) is 3.87. The van der Waals surface area contributed by atoms with Crippen LogP contribution < -0.4 is 4.90 Å². The number of benzene rings is 6. The molecule has 3 aliphatic carbocycles. The molecule has 1 heterocycles. The fourth-order valence-electron chi connectivity index (χ4n) is 9.34. The first kappa shape index (κ1) is 25.3. The van der Waals surface area contributed by atoms with Gasteiger partial charge in [0, 0.05) is 33.6 Å². The van der Waals surface area contributed by atoms with Crippen LogP contribution in [0, 0.1) is 11.8 Å². The van der Waals surface area contributed by atoms with Crippen molar-refractivity contribution in [3.8, 4) is 22.3 Å². The Morgan fingerprint density at radius 3 is 2.16 bits per heavy atom. The van der Waals surface area contributed by atoms with Crippen molar-refractivity contribution in [2.45, 2.75) is 31.1 Å². The van der Waals surface area contributed by atoms with Crippen molar-refractivity contribution in [2.24, 2.45) is 11.8 Å². The lowest BCUT2D eigenvalue weighted by atomic mass is 9.66. The number of furan rings is 1. The summed E-state index contributed by atoms with van der Waals surface area (Å²) in [6, 6.07) is 51.2. The molecule has 45 heavy (non-hydrogen) atoms. The van der Waals surface area contributed by atoms with Crippen molar-refractivity contribution in [1.29, 1.82) is 0 Å². The normalized spacial score (nSPS) is 21.1. The summed E-state index contributed by atoms with van der Waals surface area (Å²) in [5.74, 6) is 1.50. The molecule has 0 saturated heterocycles. The van der Waals surface area contributed by atoms with Crippen LogP contribution in [0.1, 0.15) is 36.8 Å². The first-order valence-electron chi connectivity index (χ1n) is 16.4. The van der Waals surface area contributed by atoms with Crippen LogP contribution in [0.2, 0.25) is 0 Å². The van der Waals surface area contributed by atoms with Crippen molar-refractivity contribution in [1.82, 2.24) is 0 Å². The second-order valence-corrected chi connectivity index (χ2v) is 13.3. The van der Waals surface area contributed by atoms with E-state index in [2.05, 4.69) is 138 Å². The Morgan fingerprint density at radius 2 is 1.31 bits per heavy atom. The second-order valence-electron chi connectivity index (χ2n) is 13.3. The predicted molar refractivity (Wildman–Crippen MR) is 186 cm³/mol. The molecular weight excluding hydrogens is 546 g/mol. The number of rotatable bonds is 4. The van der Waals surface area contributed by atoms with Crippen molar-refractivity contribution in [3.05, 3.63) is 151 Å². The Hall–Kier alpha value is -5.08. The smallest absolute Gasteiger partial charge is 0.137 e. The first-order valence-corrected chi connectivity index (χ1v) is 16.4. The van der Waals surface area contributed by atoms with E-state index in [4.69, 9.17) is 4.42 Å². The molecule has 7 aromatic rings. The molecule has 0 N–H and O–H groups in total. The zero-order chi connectivity index (χ0) is 29.5. The molecule has 10 rings (SSSR count). The summed E-state index contributed by atoms with van der Waals surface area (Å²) in [4.78, 5) is 2.50. The minimum absolute atomic E-state index is 0.0666. The van der Waals surface area contributed by atoms with Crippen LogP contribution in [0.25, 0.3) is 44.2 Å². The molecule has 2 saturated carbocycles. The average molecular weight is 580 g/mol. The minimum Gasteiger partial charge on any atom is -0.456 e. The summed E-state index contributed by atoms with van der Waals surface area (Å²) < 4.78 is 6.44. The van der Waals surface area contributed by atoms with Crippen LogP contribution >= 0.6 is 0 Å². The molecule has 2 heteroatoms. The summed E-state index contributed by atoms with van der Waals surface area (Å²) >= 11 is 0. The number of nitrogens with zero attached hydrogens (tertiary/aromatic N) is 1. The van der Waals surface area contributed by atoms with Crippen molar-refractivity contribution in [2.75, 3.05) is 4.90 Å². The molecule has 3 atom stereocenters. The zero-order valence-electron chi connectivity index (χ0n) is 25.1. The van der Waals surface area contributed by atoms with E-state index in [1.54, 1.807) is 5.56 Å². The molecule has 2 bridgehead atoms. The van der Waals surface area contributed by atoms with Crippen LogP contribution in [0.15, 0.2) is 144 Å². The number of anilines is 3. The largest absolute Gasteiger partial charge is 0.456 e. The van der Waals surface area contributed by atoms with Gasteiger partial charge in [0.2, 0.25) is 0 Å². The van der Waals surface area contributed by atoms with Gasteiger partial charge < -0.3 is 9.32 Å². The van der Waals surface area contributed by atoms with Crippen molar-refractivity contribution >= 4 is 39.0 Å². The highest BCUT2D eigenvalue weighted by Crippen LogP contribution is 2.67. The van der Waals surface area contributed by atoms with Gasteiger partial charge in [-0.3, -0.25) is 0 Å². The summed E-state index contributed by atoms with van der Waals surface area (Å²) in [6.45, 7) is 0. The SMILES string of the molecule is c1ccc(-c2ccc(N(c3ccc4c(c3)oc3ccccc34)c3cccc4c3C3(CC5CCC3C5)c3ccccc3-4)cc2)cc1. The maximum absolute atomic E-state index is 6.44. The summed E-state index contributed by atoms with van der Waals surface area (Å²) in [5, 5.41) is 2.32. The van der Waals surface area contributed by atoms with Crippen LogP contribution in [0.4, 0.5) is 17.1 Å². The Morgan fingerprint density at radius 1 is 0.578 bits per heavy atom. The highest BCUT2D eigenvalue weighted by molar-refractivity contribution is 6.06. The topological polar surface area (TPSA) is 16.4 Å². The molecule has 0 aliphatic heterocycles. The van der Waals surface area contributed by atoms with E-state index < -0.39 is 0 Å². The van der Waals surface area contributed by atoms with Gasteiger partial charge in [0.1, 0.15) is 11.2 Å². The van der Waals surface area contributed by atoms with Crippen LogP contribution in [0.5, 0.6) is 0 Å². The molecule has 1 spiro atoms.